The summed E-state index contributed by atoms with van der Waals surface area (Å²) in [5, 5.41) is 22.6. The lowest BCUT2D eigenvalue weighted by Crippen LogP contribution is -2.15. The number of rotatable bonds is 9. The third kappa shape index (κ3) is 5.47. The Kier molecular flexibility index (Phi) is 6.73. The van der Waals surface area contributed by atoms with E-state index in [9.17, 15) is 14.9 Å². The third-order valence-electron chi connectivity index (χ3n) is 3.19. The Balaban J connectivity index is 1.98. The van der Waals surface area contributed by atoms with E-state index in [-0.39, 0.29) is 37.6 Å². The van der Waals surface area contributed by atoms with Gasteiger partial charge in [0.05, 0.1) is 17.1 Å². The number of non-ortho nitro benzene ring substituents is 1. The molecule has 0 aliphatic rings. The maximum atomic E-state index is 12.2. The van der Waals surface area contributed by atoms with E-state index in [0.29, 0.717) is 11.4 Å². The first kappa shape index (κ1) is 18.2. The molecule has 0 amide bonds. The van der Waals surface area contributed by atoms with Crippen LogP contribution in [0.5, 0.6) is 5.75 Å². The van der Waals surface area contributed by atoms with Crippen LogP contribution in [0.15, 0.2) is 48.5 Å². The minimum Gasteiger partial charge on any atom is -0.490 e. The van der Waals surface area contributed by atoms with Crippen molar-refractivity contribution >= 4 is 17.3 Å². The van der Waals surface area contributed by atoms with Crippen molar-refractivity contribution in [2.24, 2.45) is 0 Å². The van der Waals surface area contributed by atoms with E-state index < -0.39 is 10.9 Å². The summed E-state index contributed by atoms with van der Waals surface area (Å²) in [5.41, 5.74) is 0.165. The summed E-state index contributed by atoms with van der Waals surface area (Å²) in [7, 11) is 0. The summed E-state index contributed by atoms with van der Waals surface area (Å²) in [6.07, 6.45) is 0. The molecule has 8 heteroatoms. The molecule has 0 saturated carbocycles. The summed E-state index contributed by atoms with van der Waals surface area (Å²) in [5.74, 6) is -0.0556. The molecule has 0 fully saturated rings. The van der Waals surface area contributed by atoms with Gasteiger partial charge in [0.1, 0.15) is 19.0 Å². The predicted octanol–water partition coefficient (Wildman–Crippen LogP) is 2.23. The molecule has 0 saturated heterocycles. The van der Waals surface area contributed by atoms with Gasteiger partial charge in [-0.25, -0.2) is 4.79 Å². The number of anilines is 1. The molecule has 2 rings (SSSR count). The van der Waals surface area contributed by atoms with Gasteiger partial charge in [-0.3, -0.25) is 10.1 Å². The lowest BCUT2D eigenvalue weighted by molar-refractivity contribution is -0.384. The van der Waals surface area contributed by atoms with Gasteiger partial charge in [-0.2, -0.15) is 0 Å². The zero-order valence-electron chi connectivity index (χ0n) is 13.4. The Morgan fingerprint density at radius 3 is 2.60 bits per heavy atom. The van der Waals surface area contributed by atoms with Crippen molar-refractivity contribution in [3.05, 3.63) is 64.2 Å². The number of esters is 1. The number of aliphatic hydroxyl groups excluding tert-OH is 1. The van der Waals surface area contributed by atoms with E-state index in [0.717, 1.165) is 6.07 Å². The van der Waals surface area contributed by atoms with E-state index in [4.69, 9.17) is 14.6 Å². The summed E-state index contributed by atoms with van der Waals surface area (Å²) in [6.45, 7) is 0.214. The van der Waals surface area contributed by atoms with Crippen LogP contribution in [0.2, 0.25) is 0 Å². The van der Waals surface area contributed by atoms with Crippen LogP contribution < -0.4 is 10.1 Å². The van der Waals surface area contributed by atoms with Crippen LogP contribution in [0.4, 0.5) is 11.4 Å². The fourth-order valence-corrected chi connectivity index (χ4v) is 2.05. The highest BCUT2D eigenvalue weighted by atomic mass is 16.6. The average molecular weight is 346 g/mol. The fourth-order valence-electron chi connectivity index (χ4n) is 2.05. The maximum absolute atomic E-state index is 12.2. The quantitative estimate of drug-likeness (QED) is 0.310. The zero-order chi connectivity index (χ0) is 18.1. The molecule has 0 heterocycles. The van der Waals surface area contributed by atoms with Crippen LogP contribution >= 0.6 is 0 Å². The molecule has 0 bridgehead atoms. The van der Waals surface area contributed by atoms with Crippen LogP contribution in [0, 0.1) is 10.1 Å². The Labute approximate surface area is 144 Å². The summed E-state index contributed by atoms with van der Waals surface area (Å²) < 4.78 is 10.5. The number of nitro groups is 1. The van der Waals surface area contributed by atoms with Crippen LogP contribution in [-0.4, -0.2) is 42.4 Å². The molecule has 2 aromatic rings. The highest BCUT2D eigenvalue weighted by Gasteiger charge is 2.18. The molecule has 8 nitrogen and oxygen atoms in total. The second-order valence-corrected chi connectivity index (χ2v) is 4.93. The Bertz CT molecular complexity index is 720. The first-order valence-corrected chi connectivity index (χ1v) is 7.60. The summed E-state index contributed by atoms with van der Waals surface area (Å²) in [6, 6.07) is 12.9. The van der Waals surface area contributed by atoms with Gasteiger partial charge in [0.25, 0.3) is 5.69 Å². The van der Waals surface area contributed by atoms with Gasteiger partial charge in [-0.1, -0.05) is 18.2 Å². The molecule has 0 radical (unpaired) electrons. The fraction of sp³-hybridized carbons (Fsp3) is 0.235. The molecule has 0 aliphatic heterocycles. The van der Waals surface area contributed by atoms with Crippen LogP contribution in [-0.2, 0) is 4.74 Å². The van der Waals surface area contributed by atoms with Crippen LogP contribution in [0.25, 0.3) is 0 Å². The minimum absolute atomic E-state index is 0.00411. The second-order valence-electron chi connectivity index (χ2n) is 4.93. The topological polar surface area (TPSA) is 111 Å². The van der Waals surface area contributed by atoms with E-state index in [1.165, 1.54) is 12.1 Å². The van der Waals surface area contributed by atoms with Crippen molar-refractivity contribution in [2.45, 2.75) is 0 Å². The number of ether oxygens (including phenoxy) is 2. The monoisotopic (exact) mass is 346 g/mol. The van der Waals surface area contributed by atoms with Gasteiger partial charge in [0.2, 0.25) is 0 Å². The van der Waals surface area contributed by atoms with E-state index in [2.05, 4.69) is 5.32 Å². The normalized spacial score (nSPS) is 10.1. The zero-order valence-corrected chi connectivity index (χ0v) is 13.4. The summed E-state index contributed by atoms with van der Waals surface area (Å²) in [4.78, 5) is 22.5. The lowest BCUT2D eigenvalue weighted by Gasteiger charge is -2.11. The summed E-state index contributed by atoms with van der Waals surface area (Å²) >= 11 is 0. The van der Waals surface area contributed by atoms with Gasteiger partial charge in [0.15, 0.2) is 0 Å². The van der Waals surface area contributed by atoms with Gasteiger partial charge in [-0.15, -0.1) is 0 Å². The average Bonchev–Trinajstić information content (AvgIpc) is 2.64. The van der Waals surface area contributed by atoms with Crippen molar-refractivity contribution in [1.82, 2.24) is 0 Å². The van der Waals surface area contributed by atoms with Gasteiger partial charge >= 0.3 is 5.97 Å². The number of hydrogen-bond acceptors (Lipinski definition) is 7. The molecule has 0 aromatic heterocycles. The molecular weight excluding hydrogens is 328 g/mol. The molecule has 0 atom stereocenters. The highest BCUT2D eigenvalue weighted by molar-refractivity contribution is 5.96. The number of nitro benzene ring substituents is 1. The molecule has 0 aliphatic carbocycles. The largest absolute Gasteiger partial charge is 0.490 e. The third-order valence-corrected chi connectivity index (χ3v) is 3.19. The van der Waals surface area contributed by atoms with Crippen molar-refractivity contribution in [3.63, 3.8) is 0 Å². The van der Waals surface area contributed by atoms with Crippen molar-refractivity contribution in [1.29, 1.82) is 0 Å². The van der Waals surface area contributed by atoms with Gasteiger partial charge in [-0.05, 0) is 18.2 Å². The molecular formula is C17H18N2O6. The molecule has 2 aromatic carbocycles. The number of hydrogen-bond donors (Lipinski definition) is 2. The maximum Gasteiger partial charge on any atom is 0.340 e. The van der Waals surface area contributed by atoms with Crippen LogP contribution in [0.3, 0.4) is 0 Å². The lowest BCUT2D eigenvalue weighted by atomic mass is 10.1. The number of benzene rings is 2. The molecule has 2 N–H and O–H groups in total. The first-order chi connectivity index (χ1) is 12.1. The Morgan fingerprint density at radius 2 is 1.92 bits per heavy atom. The smallest absolute Gasteiger partial charge is 0.340 e. The van der Waals surface area contributed by atoms with Gasteiger partial charge in [0, 0.05) is 24.4 Å². The minimum atomic E-state index is -0.708. The molecule has 25 heavy (non-hydrogen) atoms. The Hall–Kier alpha value is -3.13. The van der Waals surface area contributed by atoms with Crippen molar-refractivity contribution in [3.8, 4) is 5.75 Å². The van der Waals surface area contributed by atoms with Crippen molar-refractivity contribution < 1.29 is 24.3 Å². The van der Waals surface area contributed by atoms with Crippen molar-refractivity contribution in [2.75, 3.05) is 31.7 Å². The number of aliphatic hydroxyl groups is 1. The molecule has 132 valence electrons. The standard InChI is InChI=1S/C17H18N2O6/c20-9-8-18-16-7-6-13(19(22)23)12-15(16)17(21)25-11-10-24-14-4-2-1-3-5-14/h1-7,12,18,20H,8-11H2. The predicted molar refractivity (Wildman–Crippen MR) is 90.9 cm³/mol. The Morgan fingerprint density at radius 1 is 1.16 bits per heavy atom. The number of carbonyl (C=O) groups is 1. The number of nitrogens with one attached hydrogen (secondary N) is 1. The first-order valence-electron chi connectivity index (χ1n) is 7.60. The molecule has 0 spiro atoms. The second kappa shape index (κ2) is 9.24. The number of nitrogens with zero attached hydrogens (tertiary/aromatic N) is 1. The number of para-hydroxylation sites is 1. The van der Waals surface area contributed by atoms with E-state index in [1.807, 2.05) is 18.2 Å². The SMILES string of the molecule is O=C(OCCOc1ccccc1)c1cc([N+](=O)[O-])ccc1NCCO. The molecule has 0 unspecified atom stereocenters. The van der Waals surface area contributed by atoms with E-state index >= 15 is 0 Å². The van der Waals surface area contributed by atoms with E-state index in [1.54, 1.807) is 12.1 Å². The van der Waals surface area contributed by atoms with Gasteiger partial charge < -0.3 is 19.9 Å². The highest BCUT2D eigenvalue weighted by Crippen LogP contribution is 2.23. The number of carbonyl (C=O) groups excluding carboxylic acids is 1. The van der Waals surface area contributed by atoms with Crippen LogP contribution in [0.1, 0.15) is 10.4 Å².